The van der Waals surface area contributed by atoms with Crippen LogP contribution in [0, 0.1) is 11.3 Å². The molecular weight excluding hydrogens is 244 g/mol. The van der Waals surface area contributed by atoms with Gasteiger partial charge in [-0.3, -0.25) is 4.79 Å². The Morgan fingerprint density at radius 2 is 2.00 bits per heavy atom. The molecule has 1 fully saturated rings. The quantitative estimate of drug-likeness (QED) is 0.717. The molecule has 1 rings (SSSR count). The third-order valence-corrected chi connectivity index (χ3v) is 3.97. The molecule has 0 saturated heterocycles. The molecule has 0 bridgehead atoms. The molecule has 5 heteroatoms. The molecule has 0 spiro atoms. The van der Waals surface area contributed by atoms with Crippen molar-refractivity contribution in [1.29, 1.82) is 0 Å². The number of aliphatic carboxylic acids is 1. The summed E-state index contributed by atoms with van der Waals surface area (Å²) in [4.78, 5) is 22.7. The van der Waals surface area contributed by atoms with Gasteiger partial charge in [0.15, 0.2) is 0 Å². The first-order chi connectivity index (χ1) is 8.85. The largest absolute Gasteiger partial charge is 0.481 e. The molecule has 0 radical (unpaired) electrons. The smallest absolute Gasteiger partial charge is 0.315 e. The number of carboxylic acids is 1. The highest BCUT2D eigenvalue weighted by Crippen LogP contribution is 2.26. The first kappa shape index (κ1) is 15.8. The van der Waals surface area contributed by atoms with Crippen LogP contribution >= 0.6 is 0 Å². The molecule has 2 atom stereocenters. The van der Waals surface area contributed by atoms with E-state index < -0.39 is 11.4 Å². The van der Waals surface area contributed by atoms with Crippen molar-refractivity contribution in [3.63, 3.8) is 0 Å². The number of urea groups is 1. The van der Waals surface area contributed by atoms with E-state index in [1.165, 1.54) is 6.42 Å². The molecule has 0 aliphatic heterocycles. The average Bonchev–Trinajstić information content (AvgIpc) is 2.36. The second kappa shape index (κ2) is 6.78. The Morgan fingerprint density at radius 1 is 1.32 bits per heavy atom. The second-order valence-electron chi connectivity index (χ2n) is 6.15. The van der Waals surface area contributed by atoms with E-state index in [0.717, 1.165) is 25.7 Å². The van der Waals surface area contributed by atoms with Gasteiger partial charge >= 0.3 is 12.0 Å². The van der Waals surface area contributed by atoms with Gasteiger partial charge in [0.25, 0.3) is 0 Å². The lowest BCUT2D eigenvalue weighted by molar-refractivity contribution is -0.146. The Bertz CT molecular complexity index is 329. The van der Waals surface area contributed by atoms with E-state index in [9.17, 15) is 9.59 Å². The molecule has 1 aliphatic carbocycles. The summed E-state index contributed by atoms with van der Waals surface area (Å²) in [5.41, 5.74) is -0.935. The van der Waals surface area contributed by atoms with Gasteiger partial charge in [-0.05, 0) is 32.6 Å². The molecule has 1 saturated carbocycles. The van der Waals surface area contributed by atoms with Crippen LogP contribution in [-0.4, -0.2) is 29.7 Å². The van der Waals surface area contributed by atoms with E-state index in [2.05, 4.69) is 17.6 Å². The van der Waals surface area contributed by atoms with Crippen LogP contribution < -0.4 is 10.6 Å². The Hall–Kier alpha value is -1.26. The summed E-state index contributed by atoms with van der Waals surface area (Å²) in [5.74, 6) is -0.203. The van der Waals surface area contributed by atoms with E-state index in [1.807, 2.05) is 0 Å². The summed E-state index contributed by atoms with van der Waals surface area (Å²) in [6.07, 6.45) is 5.62. The highest BCUT2D eigenvalue weighted by Gasteiger charge is 2.28. The van der Waals surface area contributed by atoms with Gasteiger partial charge in [-0.25, -0.2) is 4.79 Å². The fourth-order valence-corrected chi connectivity index (χ4v) is 2.41. The van der Waals surface area contributed by atoms with Crippen molar-refractivity contribution in [2.75, 3.05) is 6.54 Å². The summed E-state index contributed by atoms with van der Waals surface area (Å²) in [6.45, 7) is 5.52. The highest BCUT2D eigenvalue weighted by atomic mass is 16.4. The Morgan fingerprint density at radius 3 is 2.58 bits per heavy atom. The highest BCUT2D eigenvalue weighted by molar-refractivity contribution is 5.77. The summed E-state index contributed by atoms with van der Waals surface area (Å²) >= 11 is 0. The number of nitrogens with one attached hydrogen (secondary N) is 2. The van der Waals surface area contributed by atoms with Gasteiger partial charge in [0.2, 0.25) is 0 Å². The van der Waals surface area contributed by atoms with Crippen molar-refractivity contribution in [1.82, 2.24) is 10.6 Å². The van der Waals surface area contributed by atoms with Gasteiger partial charge in [0.05, 0.1) is 5.41 Å². The third kappa shape index (κ3) is 5.09. The predicted molar refractivity (Wildman–Crippen MR) is 74.0 cm³/mol. The number of carboxylic acid groups (broad SMARTS) is 1. The van der Waals surface area contributed by atoms with E-state index in [4.69, 9.17) is 5.11 Å². The molecule has 0 aromatic rings. The van der Waals surface area contributed by atoms with Gasteiger partial charge in [-0.15, -0.1) is 0 Å². The van der Waals surface area contributed by atoms with E-state index in [1.54, 1.807) is 13.8 Å². The SMILES string of the molecule is CCC1CCCC(NC(=O)NCC(C)(C)C(=O)O)C1. The number of carbonyl (C=O) groups excluding carboxylic acids is 1. The molecule has 1 aliphatic rings. The summed E-state index contributed by atoms with van der Waals surface area (Å²) < 4.78 is 0. The maximum absolute atomic E-state index is 11.8. The molecule has 2 unspecified atom stereocenters. The minimum absolute atomic E-state index is 0.137. The summed E-state index contributed by atoms with van der Waals surface area (Å²) in [6, 6.07) is -0.0253. The third-order valence-electron chi connectivity index (χ3n) is 3.97. The van der Waals surface area contributed by atoms with Crippen molar-refractivity contribution in [2.45, 2.75) is 58.9 Å². The minimum atomic E-state index is -0.935. The number of hydrogen-bond donors (Lipinski definition) is 3. The zero-order valence-electron chi connectivity index (χ0n) is 12.2. The molecule has 19 heavy (non-hydrogen) atoms. The van der Waals surface area contributed by atoms with Crippen molar-refractivity contribution in [3.05, 3.63) is 0 Å². The van der Waals surface area contributed by atoms with Crippen molar-refractivity contribution < 1.29 is 14.7 Å². The zero-order chi connectivity index (χ0) is 14.5. The first-order valence-electron chi connectivity index (χ1n) is 7.13. The lowest BCUT2D eigenvalue weighted by Gasteiger charge is -2.29. The van der Waals surface area contributed by atoms with Gasteiger partial charge in [-0.2, -0.15) is 0 Å². The zero-order valence-corrected chi connectivity index (χ0v) is 12.2. The number of rotatable bonds is 5. The predicted octanol–water partition coefficient (Wildman–Crippen LogP) is 2.37. The number of carbonyl (C=O) groups is 2. The monoisotopic (exact) mass is 270 g/mol. The number of hydrogen-bond acceptors (Lipinski definition) is 2. The van der Waals surface area contributed by atoms with Gasteiger partial charge in [0.1, 0.15) is 0 Å². The van der Waals surface area contributed by atoms with Gasteiger partial charge in [0, 0.05) is 12.6 Å². The maximum Gasteiger partial charge on any atom is 0.315 e. The lowest BCUT2D eigenvalue weighted by atomic mass is 9.84. The van der Waals surface area contributed by atoms with E-state index >= 15 is 0 Å². The van der Waals surface area contributed by atoms with Crippen LogP contribution in [0.2, 0.25) is 0 Å². The van der Waals surface area contributed by atoms with Crippen LogP contribution in [0.5, 0.6) is 0 Å². The minimum Gasteiger partial charge on any atom is -0.481 e. The van der Waals surface area contributed by atoms with E-state index in [0.29, 0.717) is 5.92 Å². The topological polar surface area (TPSA) is 78.4 Å². The van der Waals surface area contributed by atoms with Crippen LogP contribution in [0.25, 0.3) is 0 Å². The van der Waals surface area contributed by atoms with E-state index in [-0.39, 0.29) is 18.6 Å². The fraction of sp³-hybridized carbons (Fsp3) is 0.857. The lowest BCUT2D eigenvalue weighted by Crippen LogP contribution is -2.47. The van der Waals surface area contributed by atoms with Crippen LogP contribution in [0.1, 0.15) is 52.9 Å². The Kier molecular flexibility index (Phi) is 5.63. The van der Waals surface area contributed by atoms with Crippen LogP contribution in [0.15, 0.2) is 0 Å². The summed E-state index contributed by atoms with van der Waals surface area (Å²) in [7, 11) is 0. The molecule has 0 heterocycles. The van der Waals surface area contributed by atoms with Crippen LogP contribution in [0.3, 0.4) is 0 Å². The molecule has 0 aromatic carbocycles. The number of amides is 2. The Labute approximate surface area is 115 Å². The molecule has 5 nitrogen and oxygen atoms in total. The van der Waals surface area contributed by atoms with Crippen molar-refractivity contribution in [2.24, 2.45) is 11.3 Å². The molecular formula is C14H26N2O3. The molecule has 0 aromatic heterocycles. The van der Waals surface area contributed by atoms with Gasteiger partial charge in [-0.1, -0.05) is 26.2 Å². The van der Waals surface area contributed by atoms with Crippen molar-refractivity contribution >= 4 is 12.0 Å². The van der Waals surface area contributed by atoms with Crippen LogP contribution in [0.4, 0.5) is 4.79 Å². The summed E-state index contributed by atoms with van der Waals surface area (Å²) in [5, 5.41) is 14.6. The second-order valence-corrected chi connectivity index (χ2v) is 6.15. The molecule has 110 valence electrons. The standard InChI is InChI=1S/C14H26N2O3/c1-4-10-6-5-7-11(8-10)16-13(19)15-9-14(2,3)12(17)18/h10-11H,4-9H2,1-3H3,(H,17,18)(H2,15,16,19). The Balaban J connectivity index is 2.33. The fourth-order valence-electron chi connectivity index (χ4n) is 2.41. The first-order valence-corrected chi connectivity index (χ1v) is 7.13. The molecule has 3 N–H and O–H groups in total. The average molecular weight is 270 g/mol. The van der Waals surface area contributed by atoms with Crippen LogP contribution in [-0.2, 0) is 4.79 Å². The normalized spacial score (nSPS) is 23.7. The van der Waals surface area contributed by atoms with Crippen molar-refractivity contribution in [3.8, 4) is 0 Å². The maximum atomic E-state index is 11.8. The van der Waals surface area contributed by atoms with Gasteiger partial charge < -0.3 is 15.7 Å². The molecule has 2 amide bonds.